The molecule has 0 bridgehead atoms. The molecule has 122 valence electrons. The molecule has 1 aromatic heterocycles. The number of anilines is 1. The zero-order chi connectivity index (χ0) is 15.9. The van der Waals surface area contributed by atoms with Crippen LogP contribution in [-0.2, 0) is 16.1 Å². The van der Waals surface area contributed by atoms with Crippen LogP contribution in [0, 0.1) is 0 Å². The van der Waals surface area contributed by atoms with Crippen molar-refractivity contribution in [3.8, 4) is 0 Å². The van der Waals surface area contributed by atoms with Gasteiger partial charge in [-0.2, -0.15) is 0 Å². The van der Waals surface area contributed by atoms with Crippen LogP contribution in [0.5, 0.6) is 0 Å². The highest BCUT2D eigenvalue weighted by Crippen LogP contribution is 2.15. The molecule has 1 amide bonds. The topological polar surface area (TPSA) is 73.6 Å². The van der Waals surface area contributed by atoms with E-state index in [-0.39, 0.29) is 17.7 Å². The number of nitrogens with zero attached hydrogens (tertiary/aromatic N) is 1. The lowest BCUT2D eigenvalue weighted by Crippen LogP contribution is -2.24. The van der Waals surface area contributed by atoms with Crippen molar-refractivity contribution in [1.29, 1.82) is 0 Å². The molecule has 0 saturated carbocycles. The summed E-state index contributed by atoms with van der Waals surface area (Å²) in [6.45, 7) is 1.93. The van der Waals surface area contributed by atoms with Crippen molar-refractivity contribution < 1.29 is 18.8 Å². The van der Waals surface area contributed by atoms with Crippen molar-refractivity contribution in [3.05, 3.63) is 47.9 Å². The minimum absolute atomic E-state index is 0.207. The Balaban J connectivity index is 1.49. The fraction of sp³-hybridized carbons (Fsp3) is 0.412. The zero-order valence-corrected chi connectivity index (χ0v) is 12.9. The molecule has 1 fully saturated rings. The molecule has 0 aliphatic carbocycles. The first kappa shape index (κ1) is 15.7. The van der Waals surface area contributed by atoms with Crippen LogP contribution in [0.1, 0.15) is 35.3 Å². The number of benzene rings is 1. The van der Waals surface area contributed by atoms with Gasteiger partial charge in [0.1, 0.15) is 6.26 Å². The van der Waals surface area contributed by atoms with E-state index in [9.17, 15) is 4.79 Å². The fourth-order valence-electron chi connectivity index (χ4n) is 2.51. The number of hydrogen-bond donors (Lipinski definition) is 1. The Morgan fingerprint density at radius 2 is 2.30 bits per heavy atom. The van der Waals surface area contributed by atoms with Crippen LogP contribution in [0.25, 0.3) is 0 Å². The molecule has 1 aliphatic rings. The third kappa shape index (κ3) is 4.64. The highest BCUT2D eigenvalue weighted by Gasteiger charge is 2.14. The molecule has 3 rings (SSSR count). The Kier molecular flexibility index (Phi) is 5.39. The van der Waals surface area contributed by atoms with Gasteiger partial charge < -0.3 is 19.3 Å². The Hall–Kier alpha value is -2.18. The third-order valence-corrected chi connectivity index (χ3v) is 3.70. The molecule has 1 N–H and O–H groups in total. The summed E-state index contributed by atoms with van der Waals surface area (Å²) in [7, 11) is 0. The smallest absolute Gasteiger partial charge is 0.277 e. The molecule has 1 atom stereocenters. The summed E-state index contributed by atoms with van der Waals surface area (Å²) in [5.41, 5.74) is 1.95. The molecule has 0 radical (unpaired) electrons. The Morgan fingerprint density at radius 3 is 3.09 bits per heavy atom. The molecular formula is C17H20N2O4. The van der Waals surface area contributed by atoms with Crippen LogP contribution in [0.2, 0.25) is 0 Å². The van der Waals surface area contributed by atoms with E-state index >= 15 is 0 Å². The number of nitrogens with one attached hydrogen (secondary N) is 1. The van der Waals surface area contributed by atoms with E-state index in [2.05, 4.69) is 15.0 Å². The Labute approximate surface area is 134 Å². The van der Waals surface area contributed by atoms with Crippen LogP contribution in [0.4, 0.5) is 5.69 Å². The number of carbonyl (C=O) groups excluding carboxylic acids is 1. The van der Waals surface area contributed by atoms with Crippen LogP contribution < -0.4 is 5.32 Å². The number of amides is 1. The van der Waals surface area contributed by atoms with Crippen molar-refractivity contribution in [2.45, 2.75) is 32.0 Å². The molecule has 0 spiro atoms. The van der Waals surface area contributed by atoms with Gasteiger partial charge in [0, 0.05) is 18.4 Å². The highest BCUT2D eigenvalue weighted by molar-refractivity contribution is 6.02. The van der Waals surface area contributed by atoms with Gasteiger partial charge in [-0.3, -0.25) is 4.79 Å². The molecule has 1 aliphatic heterocycles. The van der Waals surface area contributed by atoms with Gasteiger partial charge in [0.15, 0.2) is 5.69 Å². The molecule has 6 nitrogen and oxygen atoms in total. The van der Waals surface area contributed by atoms with Gasteiger partial charge in [0.25, 0.3) is 5.91 Å². The second-order valence-electron chi connectivity index (χ2n) is 5.54. The lowest BCUT2D eigenvalue weighted by molar-refractivity contribution is -0.0447. The quantitative estimate of drug-likeness (QED) is 0.887. The van der Waals surface area contributed by atoms with E-state index in [0.29, 0.717) is 18.9 Å². The van der Waals surface area contributed by atoms with Crippen LogP contribution >= 0.6 is 0 Å². The summed E-state index contributed by atoms with van der Waals surface area (Å²) in [4.78, 5) is 11.9. The molecule has 1 aromatic carbocycles. The number of carbonyl (C=O) groups is 1. The average Bonchev–Trinajstić information content (AvgIpc) is 3.11. The molecule has 1 saturated heterocycles. The van der Waals surface area contributed by atoms with Crippen LogP contribution in [-0.4, -0.2) is 30.4 Å². The second kappa shape index (κ2) is 7.89. The van der Waals surface area contributed by atoms with E-state index in [1.165, 1.54) is 18.8 Å². The highest BCUT2D eigenvalue weighted by atomic mass is 16.5. The molecule has 2 heterocycles. The van der Waals surface area contributed by atoms with E-state index < -0.39 is 0 Å². The van der Waals surface area contributed by atoms with Gasteiger partial charge in [-0.1, -0.05) is 17.3 Å². The number of rotatable bonds is 6. The summed E-state index contributed by atoms with van der Waals surface area (Å²) in [6.07, 6.45) is 4.99. The van der Waals surface area contributed by atoms with E-state index in [1.54, 1.807) is 0 Å². The summed E-state index contributed by atoms with van der Waals surface area (Å²) >= 11 is 0. The molecule has 6 heteroatoms. The number of aromatic nitrogens is 1. The second-order valence-corrected chi connectivity index (χ2v) is 5.54. The predicted molar refractivity (Wildman–Crippen MR) is 84.1 cm³/mol. The van der Waals surface area contributed by atoms with Gasteiger partial charge in [-0.05, 0) is 37.0 Å². The van der Waals surface area contributed by atoms with Crippen molar-refractivity contribution in [2.75, 3.05) is 18.5 Å². The summed E-state index contributed by atoms with van der Waals surface area (Å²) in [5.74, 6) is -0.299. The first-order valence-corrected chi connectivity index (χ1v) is 7.81. The van der Waals surface area contributed by atoms with Crippen molar-refractivity contribution >= 4 is 11.6 Å². The number of ether oxygens (including phenoxy) is 2. The van der Waals surface area contributed by atoms with Gasteiger partial charge in [0.05, 0.1) is 19.3 Å². The maximum atomic E-state index is 11.9. The van der Waals surface area contributed by atoms with Crippen LogP contribution in [0.3, 0.4) is 0 Å². The lowest BCUT2D eigenvalue weighted by atomic mass is 10.1. The van der Waals surface area contributed by atoms with E-state index in [0.717, 1.165) is 25.0 Å². The van der Waals surface area contributed by atoms with Crippen molar-refractivity contribution in [1.82, 2.24) is 5.16 Å². The van der Waals surface area contributed by atoms with Crippen LogP contribution in [0.15, 0.2) is 41.1 Å². The summed E-state index contributed by atoms with van der Waals surface area (Å²) < 4.78 is 16.0. The monoisotopic (exact) mass is 316 g/mol. The lowest BCUT2D eigenvalue weighted by Gasteiger charge is -2.22. The maximum Gasteiger partial charge on any atom is 0.277 e. The maximum absolute atomic E-state index is 11.9. The molecule has 23 heavy (non-hydrogen) atoms. The standard InChI is InChI=1S/C17H20N2O4/c20-17(16-7-9-23-19-16)18-14-5-3-4-13(10-14)11-21-12-15-6-1-2-8-22-15/h3-5,7,9-10,15H,1-2,6,8,11-12H2,(H,18,20). The minimum Gasteiger partial charge on any atom is -0.376 e. The number of hydrogen-bond acceptors (Lipinski definition) is 5. The van der Waals surface area contributed by atoms with Gasteiger partial charge in [-0.25, -0.2) is 0 Å². The summed E-state index contributed by atoms with van der Waals surface area (Å²) in [6, 6.07) is 9.08. The van der Waals surface area contributed by atoms with Gasteiger partial charge >= 0.3 is 0 Å². The van der Waals surface area contributed by atoms with Gasteiger partial charge in [-0.15, -0.1) is 0 Å². The fourth-order valence-corrected chi connectivity index (χ4v) is 2.51. The zero-order valence-electron chi connectivity index (χ0n) is 12.9. The molecule has 2 aromatic rings. The summed E-state index contributed by atoms with van der Waals surface area (Å²) in [5, 5.41) is 6.39. The van der Waals surface area contributed by atoms with E-state index in [1.807, 2.05) is 24.3 Å². The van der Waals surface area contributed by atoms with Crippen molar-refractivity contribution in [2.24, 2.45) is 0 Å². The Morgan fingerprint density at radius 1 is 1.35 bits per heavy atom. The third-order valence-electron chi connectivity index (χ3n) is 3.70. The first-order chi connectivity index (χ1) is 11.3. The molecule has 1 unspecified atom stereocenters. The Bertz CT molecular complexity index is 621. The van der Waals surface area contributed by atoms with Gasteiger partial charge in [0.2, 0.25) is 0 Å². The SMILES string of the molecule is O=C(Nc1cccc(COCC2CCCCO2)c1)c1ccon1. The van der Waals surface area contributed by atoms with Crippen molar-refractivity contribution in [3.63, 3.8) is 0 Å². The average molecular weight is 316 g/mol. The first-order valence-electron chi connectivity index (χ1n) is 7.81. The van der Waals surface area contributed by atoms with E-state index in [4.69, 9.17) is 9.47 Å². The minimum atomic E-state index is -0.299. The normalized spacial score (nSPS) is 17.8. The molecular weight excluding hydrogens is 296 g/mol. The largest absolute Gasteiger partial charge is 0.376 e. The predicted octanol–water partition coefficient (Wildman–Crippen LogP) is 3.01.